The molecule has 0 aliphatic carbocycles. The number of carbonyl (C=O) groups excluding carboxylic acids is 2. The molecule has 3 rings (SSSR count). The number of hydrogen-bond acceptors (Lipinski definition) is 7. The van der Waals surface area contributed by atoms with Crippen LogP contribution >= 0.6 is 27.3 Å². The number of aromatic hydroxyl groups is 1. The molecule has 3 N–H and O–H groups in total. The Morgan fingerprint density at radius 3 is 2.56 bits per heavy atom. The summed E-state index contributed by atoms with van der Waals surface area (Å²) >= 11 is 4.40. The summed E-state index contributed by atoms with van der Waals surface area (Å²) in [5, 5.41) is 29.2. The Labute approximate surface area is 194 Å². The van der Waals surface area contributed by atoms with Gasteiger partial charge >= 0.3 is 0 Å². The van der Waals surface area contributed by atoms with E-state index in [0.717, 1.165) is 23.2 Å². The van der Waals surface area contributed by atoms with Crippen molar-refractivity contribution in [1.82, 2.24) is 10.7 Å². The van der Waals surface area contributed by atoms with Crippen LogP contribution in [0.1, 0.15) is 20.8 Å². The summed E-state index contributed by atoms with van der Waals surface area (Å²) in [5.74, 6) is -1.48. The normalized spacial score (nSPS) is 11.3. The Bertz CT molecular complexity index is 1210. The summed E-state index contributed by atoms with van der Waals surface area (Å²) in [4.78, 5) is 36.3. The quantitative estimate of drug-likeness (QED) is 0.189. The molecule has 9 nitrogen and oxygen atoms in total. The predicted octanol–water partition coefficient (Wildman–Crippen LogP) is 4.05. The second-order valence-electron chi connectivity index (χ2n) is 6.22. The Morgan fingerprint density at radius 2 is 1.91 bits per heavy atom. The first-order valence-corrected chi connectivity index (χ1v) is 10.6. The van der Waals surface area contributed by atoms with E-state index in [1.165, 1.54) is 17.4 Å². The van der Waals surface area contributed by atoms with Crippen LogP contribution in [0.25, 0.3) is 6.08 Å². The van der Waals surface area contributed by atoms with Gasteiger partial charge in [0.15, 0.2) is 0 Å². The van der Waals surface area contributed by atoms with Crippen molar-refractivity contribution in [3.8, 4) is 5.75 Å². The van der Waals surface area contributed by atoms with Gasteiger partial charge in [-0.1, -0.05) is 24.3 Å². The van der Waals surface area contributed by atoms with Gasteiger partial charge in [0.25, 0.3) is 17.5 Å². The van der Waals surface area contributed by atoms with E-state index < -0.39 is 16.7 Å². The van der Waals surface area contributed by atoms with Crippen LogP contribution in [0.2, 0.25) is 0 Å². The zero-order valence-electron chi connectivity index (χ0n) is 16.2. The minimum atomic E-state index is -0.720. The molecule has 3 aromatic rings. The minimum Gasteiger partial charge on any atom is -0.506 e. The van der Waals surface area contributed by atoms with Gasteiger partial charge in [0, 0.05) is 28.1 Å². The van der Waals surface area contributed by atoms with E-state index in [0.29, 0.717) is 5.56 Å². The van der Waals surface area contributed by atoms with Crippen LogP contribution in [-0.2, 0) is 4.79 Å². The van der Waals surface area contributed by atoms with Crippen LogP contribution in [0.5, 0.6) is 5.75 Å². The minimum absolute atomic E-state index is 0.0171. The third-order valence-electron chi connectivity index (χ3n) is 4.02. The first kappa shape index (κ1) is 22.8. The smallest absolute Gasteiger partial charge is 0.287 e. The highest BCUT2D eigenvalue weighted by Gasteiger charge is 2.16. The number of thiophene rings is 1. The standard InChI is InChI=1S/C21H15BrN4O5S/c22-17-10-15(26(30)31)9-14(19(17)27)12-23-25-21(29)18(11-16-7-4-8-32-16)24-20(28)13-5-2-1-3-6-13/h1-12,27H,(H,24,28)(H,25,29)/b18-11-,23-12+. The number of halogens is 1. The SMILES string of the molecule is O=C(N/N=C/c1cc([N+](=O)[O-])cc(Br)c1O)/C(=C/c1cccs1)NC(=O)c1ccccc1. The average Bonchev–Trinajstić information content (AvgIpc) is 3.29. The lowest BCUT2D eigenvalue weighted by molar-refractivity contribution is -0.385. The van der Waals surface area contributed by atoms with Gasteiger partial charge in [-0.05, 0) is 45.6 Å². The fourth-order valence-electron chi connectivity index (χ4n) is 2.49. The van der Waals surface area contributed by atoms with E-state index in [1.807, 2.05) is 5.38 Å². The molecule has 0 aliphatic rings. The number of nitro groups is 1. The van der Waals surface area contributed by atoms with Crippen molar-refractivity contribution < 1.29 is 19.6 Å². The number of hydrogen-bond donors (Lipinski definition) is 3. The summed E-state index contributed by atoms with van der Waals surface area (Å²) in [7, 11) is 0. The molecule has 0 aliphatic heterocycles. The number of nitrogens with zero attached hydrogens (tertiary/aromatic N) is 2. The lowest BCUT2D eigenvalue weighted by Crippen LogP contribution is -2.32. The van der Waals surface area contributed by atoms with Crippen LogP contribution in [0, 0.1) is 10.1 Å². The largest absolute Gasteiger partial charge is 0.506 e. The predicted molar refractivity (Wildman–Crippen MR) is 124 cm³/mol. The fraction of sp³-hybridized carbons (Fsp3) is 0. The van der Waals surface area contributed by atoms with Gasteiger partial charge in [0.05, 0.1) is 15.6 Å². The molecule has 0 spiro atoms. The van der Waals surface area contributed by atoms with Crippen molar-refractivity contribution in [2.45, 2.75) is 0 Å². The molecule has 0 saturated carbocycles. The van der Waals surface area contributed by atoms with Gasteiger partial charge < -0.3 is 10.4 Å². The number of rotatable bonds is 7. The third kappa shape index (κ3) is 5.86. The molecule has 0 unspecified atom stereocenters. The van der Waals surface area contributed by atoms with Crippen LogP contribution in [0.15, 0.2) is 75.2 Å². The molecule has 11 heteroatoms. The molecule has 0 bridgehead atoms. The number of phenols is 1. The zero-order valence-corrected chi connectivity index (χ0v) is 18.6. The van der Waals surface area contributed by atoms with Crippen molar-refractivity contribution in [1.29, 1.82) is 0 Å². The highest BCUT2D eigenvalue weighted by atomic mass is 79.9. The fourth-order valence-corrected chi connectivity index (χ4v) is 3.61. The molecule has 2 amide bonds. The van der Waals surface area contributed by atoms with Gasteiger partial charge in [-0.2, -0.15) is 5.10 Å². The van der Waals surface area contributed by atoms with Crippen molar-refractivity contribution >= 4 is 57.1 Å². The van der Waals surface area contributed by atoms with E-state index in [2.05, 4.69) is 31.8 Å². The average molecular weight is 515 g/mol. The number of nitro benzene ring substituents is 1. The Hall–Kier alpha value is -3.83. The first-order chi connectivity index (χ1) is 15.3. The number of hydrazone groups is 1. The summed E-state index contributed by atoms with van der Waals surface area (Å²) in [6.07, 6.45) is 2.56. The third-order valence-corrected chi connectivity index (χ3v) is 5.44. The van der Waals surface area contributed by atoms with Crippen molar-refractivity contribution in [3.63, 3.8) is 0 Å². The maximum absolute atomic E-state index is 12.7. The first-order valence-electron chi connectivity index (χ1n) is 8.97. The maximum atomic E-state index is 12.7. The van der Waals surface area contributed by atoms with E-state index >= 15 is 0 Å². The van der Waals surface area contributed by atoms with E-state index in [9.17, 15) is 24.8 Å². The van der Waals surface area contributed by atoms with Crippen LogP contribution in [0.3, 0.4) is 0 Å². The van der Waals surface area contributed by atoms with Gasteiger partial charge in [-0.3, -0.25) is 19.7 Å². The molecular formula is C21H15BrN4O5S. The highest BCUT2D eigenvalue weighted by molar-refractivity contribution is 9.10. The number of nitrogens with one attached hydrogen (secondary N) is 2. The number of amides is 2. The number of non-ortho nitro benzene ring substituents is 1. The number of benzene rings is 2. The van der Waals surface area contributed by atoms with Crippen molar-refractivity contribution in [2.24, 2.45) is 5.10 Å². The second kappa shape index (κ2) is 10.5. The molecule has 0 saturated heterocycles. The molecule has 1 aromatic heterocycles. The van der Waals surface area contributed by atoms with E-state index in [1.54, 1.807) is 42.5 Å². The van der Waals surface area contributed by atoms with Gasteiger partial charge in [-0.15, -0.1) is 11.3 Å². The van der Waals surface area contributed by atoms with Gasteiger partial charge in [0.1, 0.15) is 11.4 Å². The van der Waals surface area contributed by atoms with E-state index in [4.69, 9.17) is 0 Å². The Kier molecular flexibility index (Phi) is 7.47. The molecule has 0 fully saturated rings. The molecule has 2 aromatic carbocycles. The molecule has 32 heavy (non-hydrogen) atoms. The van der Waals surface area contributed by atoms with Crippen LogP contribution < -0.4 is 10.7 Å². The van der Waals surface area contributed by atoms with Crippen molar-refractivity contribution in [3.05, 3.63) is 96.3 Å². The summed E-state index contributed by atoms with van der Waals surface area (Å²) in [6, 6.07) is 14.2. The highest BCUT2D eigenvalue weighted by Crippen LogP contribution is 2.31. The summed E-state index contributed by atoms with van der Waals surface area (Å²) in [6.45, 7) is 0. The number of carbonyl (C=O) groups is 2. The van der Waals surface area contributed by atoms with E-state index in [-0.39, 0.29) is 27.2 Å². The van der Waals surface area contributed by atoms with Crippen molar-refractivity contribution in [2.75, 3.05) is 0 Å². The van der Waals surface area contributed by atoms with Crippen LogP contribution in [-0.4, -0.2) is 28.1 Å². The molecule has 0 atom stereocenters. The summed E-state index contributed by atoms with van der Waals surface area (Å²) in [5.41, 5.74) is 2.32. The number of phenolic OH excluding ortho intramolecular Hbond substituents is 1. The molecule has 1 heterocycles. The lowest BCUT2D eigenvalue weighted by atomic mass is 10.2. The molecule has 162 valence electrons. The lowest BCUT2D eigenvalue weighted by Gasteiger charge is -2.09. The Balaban J connectivity index is 1.80. The monoisotopic (exact) mass is 514 g/mol. The Morgan fingerprint density at radius 1 is 1.16 bits per heavy atom. The maximum Gasteiger partial charge on any atom is 0.287 e. The van der Waals surface area contributed by atoms with Gasteiger partial charge in [0.2, 0.25) is 0 Å². The molecule has 0 radical (unpaired) electrons. The summed E-state index contributed by atoms with van der Waals surface area (Å²) < 4.78 is 0.105. The second-order valence-corrected chi connectivity index (χ2v) is 8.05. The zero-order chi connectivity index (χ0) is 23.1. The molecular weight excluding hydrogens is 500 g/mol. The van der Waals surface area contributed by atoms with Crippen LogP contribution in [0.4, 0.5) is 5.69 Å². The topological polar surface area (TPSA) is 134 Å². The van der Waals surface area contributed by atoms with Gasteiger partial charge in [-0.25, -0.2) is 5.43 Å².